The van der Waals surface area contributed by atoms with Crippen molar-refractivity contribution >= 4 is 17.9 Å². The van der Waals surface area contributed by atoms with Gasteiger partial charge in [0.2, 0.25) is 11.8 Å². The topological polar surface area (TPSA) is 76.0 Å². The average molecular weight is 402 g/mol. The molecule has 0 saturated carbocycles. The molecule has 0 fully saturated rings. The summed E-state index contributed by atoms with van der Waals surface area (Å²) in [6.45, 7) is 4.24. The van der Waals surface area contributed by atoms with Crippen molar-refractivity contribution in [1.29, 1.82) is 0 Å². The molecule has 0 saturated heterocycles. The van der Waals surface area contributed by atoms with Gasteiger partial charge in [0.05, 0.1) is 11.4 Å². The molecule has 0 aliphatic heterocycles. The van der Waals surface area contributed by atoms with Gasteiger partial charge in [0, 0.05) is 29.9 Å². The van der Waals surface area contributed by atoms with Crippen molar-refractivity contribution in [1.82, 2.24) is 20.4 Å². The molecule has 154 valence electrons. The predicted molar refractivity (Wildman–Crippen MR) is 119 cm³/mol. The van der Waals surface area contributed by atoms with Crippen LogP contribution in [-0.4, -0.2) is 34.2 Å². The fourth-order valence-electron chi connectivity index (χ4n) is 2.94. The van der Waals surface area contributed by atoms with Crippen molar-refractivity contribution in [3.05, 3.63) is 78.5 Å². The Morgan fingerprint density at radius 3 is 2.40 bits per heavy atom. The second kappa shape index (κ2) is 10.2. The molecule has 2 amide bonds. The van der Waals surface area contributed by atoms with Gasteiger partial charge in [-0.05, 0) is 31.6 Å². The maximum atomic E-state index is 12.3. The monoisotopic (exact) mass is 402 g/mol. The van der Waals surface area contributed by atoms with Gasteiger partial charge in [-0.2, -0.15) is 5.10 Å². The van der Waals surface area contributed by atoms with Crippen LogP contribution >= 0.6 is 0 Å². The molecule has 0 aliphatic rings. The van der Waals surface area contributed by atoms with Crippen LogP contribution in [0.4, 0.5) is 0 Å². The van der Waals surface area contributed by atoms with Crippen LogP contribution < -0.4 is 10.6 Å². The van der Waals surface area contributed by atoms with Crippen LogP contribution in [0, 0.1) is 0 Å². The van der Waals surface area contributed by atoms with Gasteiger partial charge >= 0.3 is 0 Å². The molecule has 2 N–H and O–H groups in total. The van der Waals surface area contributed by atoms with Crippen LogP contribution in [0.15, 0.2) is 72.9 Å². The zero-order chi connectivity index (χ0) is 21.3. The highest BCUT2D eigenvalue weighted by Gasteiger charge is 2.14. The Balaban J connectivity index is 1.81. The molecule has 30 heavy (non-hydrogen) atoms. The number of nitrogens with zero attached hydrogens (tertiary/aromatic N) is 2. The molecule has 0 unspecified atom stereocenters. The zero-order valence-corrected chi connectivity index (χ0v) is 17.2. The number of nitrogens with one attached hydrogen (secondary N) is 2. The minimum absolute atomic E-state index is 0.194. The highest BCUT2D eigenvalue weighted by atomic mass is 16.2. The second-order valence-electron chi connectivity index (χ2n) is 6.93. The van der Waals surface area contributed by atoms with Crippen LogP contribution in [0.5, 0.6) is 0 Å². The van der Waals surface area contributed by atoms with Gasteiger partial charge in [0.15, 0.2) is 0 Å². The summed E-state index contributed by atoms with van der Waals surface area (Å²) in [4.78, 5) is 24.3. The molecule has 1 atom stereocenters. The molecule has 0 radical (unpaired) electrons. The van der Waals surface area contributed by atoms with Crippen molar-refractivity contribution in [2.45, 2.75) is 26.3 Å². The fraction of sp³-hybridized carbons (Fsp3) is 0.208. The van der Waals surface area contributed by atoms with Crippen LogP contribution in [0.1, 0.15) is 25.8 Å². The summed E-state index contributed by atoms with van der Waals surface area (Å²) in [5.74, 6) is -0.527. The third-order valence-electron chi connectivity index (χ3n) is 4.53. The average Bonchev–Trinajstić information content (AvgIpc) is 3.21. The highest BCUT2D eigenvalue weighted by molar-refractivity contribution is 5.96. The van der Waals surface area contributed by atoms with Crippen LogP contribution in [0.25, 0.3) is 23.0 Å². The number of benzene rings is 2. The van der Waals surface area contributed by atoms with Gasteiger partial charge in [-0.1, -0.05) is 55.5 Å². The smallest absolute Gasteiger partial charge is 0.244 e. The number of amides is 2. The molecule has 6 heteroatoms. The first-order valence-electron chi connectivity index (χ1n) is 10.0. The van der Waals surface area contributed by atoms with E-state index in [0.717, 1.165) is 28.9 Å². The number of hydrogen-bond acceptors (Lipinski definition) is 3. The fourth-order valence-corrected chi connectivity index (χ4v) is 2.94. The Morgan fingerprint density at radius 1 is 1.07 bits per heavy atom. The van der Waals surface area contributed by atoms with E-state index in [9.17, 15) is 9.59 Å². The van der Waals surface area contributed by atoms with Crippen molar-refractivity contribution in [3.8, 4) is 16.9 Å². The van der Waals surface area contributed by atoms with Gasteiger partial charge in [-0.15, -0.1) is 0 Å². The third-order valence-corrected chi connectivity index (χ3v) is 4.53. The van der Waals surface area contributed by atoms with Crippen LogP contribution in [-0.2, 0) is 9.59 Å². The van der Waals surface area contributed by atoms with Crippen molar-refractivity contribution in [2.24, 2.45) is 0 Å². The highest BCUT2D eigenvalue weighted by Crippen LogP contribution is 2.24. The number of hydrogen-bond donors (Lipinski definition) is 2. The van der Waals surface area contributed by atoms with E-state index < -0.39 is 6.04 Å². The first-order valence-corrected chi connectivity index (χ1v) is 10.0. The Hall–Kier alpha value is -3.67. The van der Waals surface area contributed by atoms with E-state index >= 15 is 0 Å². The first kappa shape index (κ1) is 21.0. The molecule has 0 spiro atoms. The molecule has 3 aromatic rings. The predicted octanol–water partition coefficient (Wildman–Crippen LogP) is 3.58. The quantitative estimate of drug-likeness (QED) is 0.566. The lowest BCUT2D eigenvalue weighted by atomic mass is 10.1. The van der Waals surface area contributed by atoms with Gasteiger partial charge in [-0.25, -0.2) is 4.68 Å². The first-order chi connectivity index (χ1) is 14.6. The number of carbonyl (C=O) groups excluding carboxylic acids is 2. The van der Waals surface area contributed by atoms with Gasteiger partial charge < -0.3 is 10.6 Å². The molecule has 0 aliphatic carbocycles. The summed E-state index contributed by atoms with van der Waals surface area (Å²) in [7, 11) is 0. The number of carbonyl (C=O) groups is 2. The molecule has 3 rings (SSSR count). The molecular weight excluding hydrogens is 376 g/mol. The normalized spacial score (nSPS) is 11.9. The van der Waals surface area contributed by atoms with Gasteiger partial charge in [0.1, 0.15) is 6.04 Å². The number of aromatic nitrogens is 2. The van der Waals surface area contributed by atoms with Crippen LogP contribution in [0.3, 0.4) is 0 Å². The Bertz CT molecular complexity index is 1010. The third kappa shape index (κ3) is 5.44. The lowest BCUT2D eigenvalue weighted by Crippen LogP contribution is -2.44. The lowest BCUT2D eigenvalue weighted by molar-refractivity contribution is -0.126. The van der Waals surface area contributed by atoms with Crippen molar-refractivity contribution in [3.63, 3.8) is 0 Å². The second-order valence-corrected chi connectivity index (χ2v) is 6.93. The van der Waals surface area contributed by atoms with E-state index in [0.29, 0.717) is 6.54 Å². The number of para-hydroxylation sites is 1. The van der Waals surface area contributed by atoms with Gasteiger partial charge in [-0.3, -0.25) is 9.59 Å². The molecular formula is C24H26N4O2. The van der Waals surface area contributed by atoms with E-state index in [4.69, 9.17) is 5.10 Å². The maximum absolute atomic E-state index is 12.3. The Kier molecular flexibility index (Phi) is 7.16. The summed E-state index contributed by atoms with van der Waals surface area (Å²) >= 11 is 0. The lowest BCUT2D eigenvalue weighted by Gasteiger charge is -2.12. The van der Waals surface area contributed by atoms with Crippen molar-refractivity contribution in [2.75, 3.05) is 6.54 Å². The van der Waals surface area contributed by atoms with Crippen LogP contribution in [0.2, 0.25) is 0 Å². The molecule has 6 nitrogen and oxygen atoms in total. The van der Waals surface area contributed by atoms with E-state index in [-0.39, 0.29) is 11.8 Å². The molecule has 1 aromatic heterocycles. The van der Waals surface area contributed by atoms with E-state index in [1.807, 2.05) is 73.8 Å². The summed E-state index contributed by atoms with van der Waals surface area (Å²) in [6.07, 6.45) is 5.89. The maximum Gasteiger partial charge on any atom is 0.244 e. The van der Waals surface area contributed by atoms with E-state index in [1.165, 1.54) is 6.08 Å². The summed E-state index contributed by atoms with van der Waals surface area (Å²) < 4.78 is 1.79. The Labute approximate surface area is 176 Å². The largest absolute Gasteiger partial charge is 0.354 e. The minimum Gasteiger partial charge on any atom is -0.354 e. The Morgan fingerprint density at radius 2 is 1.73 bits per heavy atom. The molecule has 1 heterocycles. The van der Waals surface area contributed by atoms with Gasteiger partial charge in [0.25, 0.3) is 0 Å². The van der Waals surface area contributed by atoms with E-state index in [2.05, 4.69) is 10.6 Å². The zero-order valence-electron chi connectivity index (χ0n) is 17.2. The summed E-state index contributed by atoms with van der Waals surface area (Å²) in [5, 5.41) is 10.2. The SMILES string of the molecule is CCCNC(=O)[C@@H](C)NC(=O)/C=C/c1cn(-c2ccccc2)nc1-c1ccccc1. The summed E-state index contributed by atoms with van der Waals surface area (Å²) in [6, 6.07) is 19.0. The van der Waals surface area contributed by atoms with Crippen molar-refractivity contribution < 1.29 is 9.59 Å². The minimum atomic E-state index is -0.602. The molecule has 2 aromatic carbocycles. The molecule has 0 bridgehead atoms. The number of rotatable bonds is 8. The van der Waals surface area contributed by atoms with E-state index in [1.54, 1.807) is 17.7 Å². The summed E-state index contributed by atoms with van der Waals surface area (Å²) in [5.41, 5.74) is 3.47. The standard InChI is InChI=1S/C24H26N4O2/c1-3-16-25-24(30)18(2)26-22(29)15-14-20-17-28(21-12-8-5-9-13-21)27-23(20)19-10-6-4-7-11-19/h4-15,17-18H,3,16H2,1-2H3,(H,25,30)(H,26,29)/b15-14+/t18-/m1/s1.